The van der Waals surface area contributed by atoms with Crippen LogP contribution in [0.2, 0.25) is 0 Å². The lowest BCUT2D eigenvalue weighted by atomic mass is 10.2. The van der Waals surface area contributed by atoms with Crippen LogP contribution >= 0.6 is 0 Å². The minimum atomic E-state index is -0.401. The molecule has 0 saturated heterocycles. The predicted molar refractivity (Wildman–Crippen MR) is 92.1 cm³/mol. The van der Waals surface area contributed by atoms with Crippen LogP contribution in [0.4, 0.5) is 5.69 Å². The molecule has 0 atom stereocenters. The van der Waals surface area contributed by atoms with E-state index in [4.69, 9.17) is 0 Å². The molecule has 10 nitrogen and oxygen atoms in total. The molecule has 1 aromatic carbocycles. The van der Waals surface area contributed by atoms with Gasteiger partial charge in [-0.05, 0) is 61.0 Å². The van der Waals surface area contributed by atoms with E-state index in [2.05, 4.69) is 35.9 Å². The summed E-state index contributed by atoms with van der Waals surface area (Å²) < 4.78 is 3.11. The van der Waals surface area contributed by atoms with Crippen molar-refractivity contribution in [2.75, 3.05) is 5.32 Å². The summed E-state index contributed by atoms with van der Waals surface area (Å²) >= 11 is 0. The number of tetrazole rings is 1. The van der Waals surface area contributed by atoms with Crippen LogP contribution in [0.5, 0.6) is 0 Å². The Balaban J connectivity index is 1.60. The average molecular weight is 349 g/mol. The zero-order valence-electron chi connectivity index (χ0n) is 14.4. The SMILES string of the molecule is Cc1cc(C)n2nc(C(=O)Nc3ccc(-n4cnnn4)c(C)c3)nc2n1. The first-order chi connectivity index (χ1) is 12.5. The van der Waals surface area contributed by atoms with Gasteiger partial charge in [-0.15, -0.1) is 10.2 Å². The van der Waals surface area contributed by atoms with Crippen molar-refractivity contribution in [2.24, 2.45) is 0 Å². The Morgan fingerprint density at radius 2 is 1.96 bits per heavy atom. The third-order valence-electron chi connectivity index (χ3n) is 3.87. The standard InChI is InChI=1S/C16H15N9O/c1-9-6-12(4-5-13(9)24-8-17-22-23-24)19-15(26)14-20-16-18-10(2)7-11(3)25(16)21-14/h4-8H,1-3H3,(H,19,26). The van der Waals surface area contributed by atoms with Crippen molar-refractivity contribution in [3.63, 3.8) is 0 Å². The second kappa shape index (κ2) is 5.99. The van der Waals surface area contributed by atoms with E-state index in [-0.39, 0.29) is 5.82 Å². The molecule has 0 bridgehead atoms. The molecule has 10 heteroatoms. The van der Waals surface area contributed by atoms with E-state index in [9.17, 15) is 4.79 Å². The van der Waals surface area contributed by atoms with Crippen molar-refractivity contribution < 1.29 is 4.79 Å². The van der Waals surface area contributed by atoms with Gasteiger partial charge in [0.1, 0.15) is 6.33 Å². The fourth-order valence-electron chi connectivity index (χ4n) is 2.71. The van der Waals surface area contributed by atoms with Gasteiger partial charge in [-0.3, -0.25) is 4.79 Å². The first-order valence-electron chi connectivity index (χ1n) is 7.87. The quantitative estimate of drug-likeness (QED) is 0.592. The topological polar surface area (TPSA) is 116 Å². The van der Waals surface area contributed by atoms with E-state index in [1.165, 1.54) is 6.33 Å². The number of nitrogens with one attached hydrogen (secondary N) is 1. The molecule has 3 aromatic heterocycles. The fraction of sp³-hybridized carbons (Fsp3) is 0.188. The van der Waals surface area contributed by atoms with Gasteiger partial charge in [0.15, 0.2) is 0 Å². The molecular formula is C16H15N9O. The first kappa shape index (κ1) is 15.8. The largest absolute Gasteiger partial charge is 0.319 e. The molecule has 26 heavy (non-hydrogen) atoms. The van der Waals surface area contributed by atoms with Crippen LogP contribution in [0.15, 0.2) is 30.6 Å². The third kappa shape index (κ3) is 2.77. The van der Waals surface area contributed by atoms with Gasteiger partial charge in [0.25, 0.3) is 11.7 Å². The van der Waals surface area contributed by atoms with Crippen LogP contribution in [0, 0.1) is 20.8 Å². The monoisotopic (exact) mass is 349 g/mol. The van der Waals surface area contributed by atoms with Crippen molar-refractivity contribution in [1.82, 2.24) is 39.8 Å². The van der Waals surface area contributed by atoms with E-state index in [1.807, 2.05) is 39.0 Å². The summed E-state index contributed by atoms with van der Waals surface area (Å²) in [5, 5.41) is 18.1. The van der Waals surface area contributed by atoms with E-state index >= 15 is 0 Å². The highest BCUT2D eigenvalue weighted by molar-refractivity contribution is 6.01. The summed E-state index contributed by atoms with van der Waals surface area (Å²) in [4.78, 5) is 21.0. The van der Waals surface area contributed by atoms with E-state index in [1.54, 1.807) is 15.3 Å². The highest BCUT2D eigenvalue weighted by Gasteiger charge is 2.15. The fourth-order valence-corrected chi connectivity index (χ4v) is 2.71. The van der Waals surface area contributed by atoms with Crippen molar-refractivity contribution >= 4 is 17.4 Å². The second-order valence-electron chi connectivity index (χ2n) is 5.90. The zero-order valence-corrected chi connectivity index (χ0v) is 14.4. The molecule has 1 amide bonds. The summed E-state index contributed by atoms with van der Waals surface area (Å²) in [5.74, 6) is 0.0633. The lowest BCUT2D eigenvalue weighted by Crippen LogP contribution is -2.14. The Morgan fingerprint density at radius 1 is 1.12 bits per heavy atom. The van der Waals surface area contributed by atoms with Crippen LogP contribution in [-0.2, 0) is 0 Å². The van der Waals surface area contributed by atoms with Gasteiger partial charge in [-0.25, -0.2) is 14.2 Å². The van der Waals surface area contributed by atoms with Crippen molar-refractivity contribution in [3.8, 4) is 5.69 Å². The molecular weight excluding hydrogens is 334 g/mol. The number of hydrogen-bond donors (Lipinski definition) is 1. The summed E-state index contributed by atoms with van der Waals surface area (Å²) in [6.07, 6.45) is 1.51. The molecule has 0 spiro atoms. The van der Waals surface area contributed by atoms with Crippen molar-refractivity contribution in [2.45, 2.75) is 20.8 Å². The first-order valence-corrected chi connectivity index (χ1v) is 7.87. The number of carbonyl (C=O) groups is 1. The van der Waals surface area contributed by atoms with E-state index in [0.29, 0.717) is 11.5 Å². The summed E-state index contributed by atoms with van der Waals surface area (Å²) in [5.41, 5.74) is 4.05. The number of nitrogens with zero attached hydrogens (tertiary/aromatic N) is 8. The number of rotatable bonds is 3. The van der Waals surface area contributed by atoms with Crippen molar-refractivity contribution in [1.29, 1.82) is 0 Å². The number of carbonyl (C=O) groups excluding carboxylic acids is 1. The molecule has 3 heterocycles. The smallest absolute Gasteiger partial charge is 0.295 e. The Kier molecular flexibility index (Phi) is 3.64. The number of fused-ring (bicyclic) bond motifs is 1. The summed E-state index contributed by atoms with van der Waals surface area (Å²) in [6.45, 7) is 5.67. The normalized spacial score (nSPS) is 11.0. The van der Waals surface area contributed by atoms with Gasteiger partial charge >= 0.3 is 0 Å². The Hall–Kier alpha value is -3.69. The maximum Gasteiger partial charge on any atom is 0.295 e. The number of benzene rings is 1. The van der Waals surface area contributed by atoms with Gasteiger partial charge in [0.2, 0.25) is 5.82 Å². The number of hydrogen-bond acceptors (Lipinski definition) is 7. The van der Waals surface area contributed by atoms with Crippen LogP contribution in [0.1, 0.15) is 27.6 Å². The lowest BCUT2D eigenvalue weighted by molar-refractivity contribution is 0.101. The zero-order chi connectivity index (χ0) is 18.3. The second-order valence-corrected chi connectivity index (χ2v) is 5.90. The van der Waals surface area contributed by atoms with Crippen LogP contribution in [-0.4, -0.2) is 45.7 Å². The number of aryl methyl sites for hydroxylation is 3. The van der Waals surface area contributed by atoms with E-state index in [0.717, 1.165) is 22.6 Å². The van der Waals surface area contributed by atoms with Gasteiger partial charge in [0, 0.05) is 17.1 Å². The maximum absolute atomic E-state index is 12.5. The van der Waals surface area contributed by atoms with Gasteiger partial charge < -0.3 is 5.32 Å². The number of amides is 1. The highest BCUT2D eigenvalue weighted by atomic mass is 16.2. The predicted octanol–water partition coefficient (Wildman–Crippen LogP) is 1.28. The van der Waals surface area contributed by atoms with E-state index < -0.39 is 5.91 Å². The minimum absolute atomic E-state index is 0.0633. The molecule has 0 fully saturated rings. The van der Waals surface area contributed by atoms with Crippen LogP contribution in [0.3, 0.4) is 0 Å². The van der Waals surface area contributed by atoms with Gasteiger partial charge in [0.05, 0.1) is 5.69 Å². The summed E-state index contributed by atoms with van der Waals surface area (Å²) in [6, 6.07) is 7.31. The minimum Gasteiger partial charge on any atom is -0.319 e. The number of aromatic nitrogens is 8. The third-order valence-corrected chi connectivity index (χ3v) is 3.87. The molecule has 0 aliphatic carbocycles. The summed E-state index contributed by atoms with van der Waals surface area (Å²) in [7, 11) is 0. The average Bonchev–Trinajstić information content (AvgIpc) is 3.24. The lowest BCUT2D eigenvalue weighted by Gasteiger charge is -2.08. The molecule has 130 valence electrons. The Morgan fingerprint density at radius 3 is 2.69 bits per heavy atom. The van der Waals surface area contributed by atoms with Gasteiger partial charge in [-0.2, -0.15) is 4.98 Å². The van der Waals surface area contributed by atoms with Crippen LogP contribution < -0.4 is 5.32 Å². The molecule has 1 N–H and O–H groups in total. The maximum atomic E-state index is 12.5. The van der Waals surface area contributed by atoms with Crippen molar-refractivity contribution in [3.05, 3.63) is 53.4 Å². The number of anilines is 1. The van der Waals surface area contributed by atoms with Crippen LogP contribution in [0.25, 0.3) is 11.5 Å². The highest BCUT2D eigenvalue weighted by Crippen LogP contribution is 2.18. The van der Waals surface area contributed by atoms with Gasteiger partial charge in [-0.1, -0.05) is 0 Å². The molecule has 0 saturated carbocycles. The Bertz CT molecular complexity index is 1110. The molecule has 4 aromatic rings. The molecule has 0 unspecified atom stereocenters. The molecule has 0 aliphatic heterocycles. The molecule has 4 rings (SSSR count). The Labute approximate surface area is 147 Å². The molecule has 0 radical (unpaired) electrons. The molecule has 0 aliphatic rings.